The summed E-state index contributed by atoms with van der Waals surface area (Å²) in [5.41, 5.74) is 3.88. The van der Waals surface area contributed by atoms with E-state index in [1.807, 2.05) is 24.4 Å². The summed E-state index contributed by atoms with van der Waals surface area (Å²) in [7, 11) is 1.61. The molecule has 0 aliphatic carbocycles. The van der Waals surface area contributed by atoms with Gasteiger partial charge in [0.2, 0.25) is 5.88 Å². The predicted octanol–water partition coefficient (Wildman–Crippen LogP) is 3.53. The van der Waals surface area contributed by atoms with Gasteiger partial charge >= 0.3 is 6.09 Å². The summed E-state index contributed by atoms with van der Waals surface area (Å²) in [5, 5.41) is 3.48. The van der Waals surface area contributed by atoms with Gasteiger partial charge in [-0.15, -0.1) is 0 Å². The minimum atomic E-state index is -0.419. The summed E-state index contributed by atoms with van der Waals surface area (Å²) in [5.74, 6) is 0.797. The topological polar surface area (TPSA) is 79.8 Å². The third kappa shape index (κ3) is 4.48. The molecule has 2 aromatic heterocycles. The van der Waals surface area contributed by atoms with Crippen molar-refractivity contribution in [3.63, 3.8) is 0 Å². The number of aryl methyl sites for hydroxylation is 1. The number of pyridine rings is 2. The average molecular weight is 466 g/mol. The molecule has 1 atom stereocenters. The monoisotopic (exact) mass is 465 g/mol. The number of nitrogens with one attached hydrogen (secondary N) is 1. The molecule has 3 aromatic rings. The fourth-order valence-corrected chi connectivity index (χ4v) is 4.46. The van der Waals surface area contributed by atoms with Gasteiger partial charge < -0.3 is 19.7 Å². The standard InChI is InChI=1S/C25H28FN5O3/c1-16-3-4-18(11-20(16)26)31-15-19(34-25(31)32)7-9-27-12-17-13-30(14-17)22-8-10-28-21-5-6-23(33-2)29-24(21)22/h3-6,8,10-11,17,19,27H,7,9,12-15H2,1-2H3/t19-/m0/s1. The molecule has 1 aromatic carbocycles. The summed E-state index contributed by atoms with van der Waals surface area (Å²) < 4.78 is 24.6. The van der Waals surface area contributed by atoms with Crippen molar-refractivity contribution in [2.45, 2.75) is 19.4 Å². The highest BCUT2D eigenvalue weighted by molar-refractivity contribution is 5.90. The number of hydrogen-bond donors (Lipinski definition) is 1. The molecule has 9 heteroatoms. The summed E-state index contributed by atoms with van der Waals surface area (Å²) in [6, 6.07) is 10.6. The van der Waals surface area contributed by atoms with Crippen LogP contribution in [0.5, 0.6) is 5.88 Å². The number of carbonyl (C=O) groups is 1. The first kappa shape index (κ1) is 22.3. The van der Waals surface area contributed by atoms with Gasteiger partial charge in [0, 0.05) is 37.8 Å². The lowest BCUT2D eigenvalue weighted by molar-refractivity contribution is 0.136. The maximum Gasteiger partial charge on any atom is 0.414 e. The van der Waals surface area contributed by atoms with Crippen LogP contribution in [0.4, 0.5) is 20.6 Å². The number of ether oxygens (including phenoxy) is 2. The van der Waals surface area contributed by atoms with E-state index in [9.17, 15) is 9.18 Å². The lowest BCUT2D eigenvalue weighted by Crippen LogP contribution is -2.51. The Morgan fingerprint density at radius 2 is 2.06 bits per heavy atom. The molecule has 2 saturated heterocycles. The van der Waals surface area contributed by atoms with Gasteiger partial charge in [0.05, 0.1) is 30.5 Å². The molecule has 34 heavy (non-hydrogen) atoms. The van der Waals surface area contributed by atoms with Crippen molar-refractivity contribution >= 4 is 28.5 Å². The number of rotatable bonds is 8. The Morgan fingerprint density at radius 1 is 1.21 bits per heavy atom. The minimum Gasteiger partial charge on any atom is -0.481 e. The Kier molecular flexibility index (Phi) is 6.19. The van der Waals surface area contributed by atoms with Crippen LogP contribution in [-0.2, 0) is 4.74 Å². The Labute approximate surface area is 197 Å². The fourth-order valence-electron chi connectivity index (χ4n) is 4.46. The molecule has 2 fully saturated rings. The van der Waals surface area contributed by atoms with Gasteiger partial charge in [-0.1, -0.05) is 6.07 Å². The van der Waals surface area contributed by atoms with Crippen LogP contribution in [-0.4, -0.2) is 62.0 Å². The van der Waals surface area contributed by atoms with E-state index in [4.69, 9.17) is 9.47 Å². The van der Waals surface area contributed by atoms with Crippen molar-refractivity contribution in [3.8, 4) is 5.88 Å². The first-order valence-electron chi connectivity index (χ1n) is 11.5. The molecule has 0 spiro atoms. The van der Waals surface area contributed by atoms with Crippen molar-refractivity contribution in [1.82, 2.24) is 15.3 Å². The Bertz CT molecular complexity index is 1200. The zero-order valence-electron chi connectivity index (χ0n) is 19.3. The van der Waals surface area contributed by atoms with Crippen molar-refractivity contribution in [2.75, 3.05) is 49.6 Å². The van der Waals surface area contributed by atoms with Gasteiger partial charge in [-0.2, -0.15) is 0 Å². The zero-order valence-corrected chi connectivity index (χ0v) is 19.3. The Morgan fingerprint density at radius 3 is 2.85 bits per heavy atom. The molecule has 1 amide bonds. The number of amides is 1. The zero-order chi connectivity index (χ0) is 23.7. The molecule has 0 bridgehead atoms. The molecular formula is C25H28FN5O3. The average Bonchev–Trinajstić information content (AvgIpc) is 3.19. The molecular weight excluding hydrogens is 437 g/mol. The normalized spacial score (nSPS) is 18.3. The third-order valence-corrected chi connectivity index (χ3v) is 6.46. The number of anilines is 2. The van der Waals surface area contributed by atoms with Crippen molar-refractivity contribution in [1.29, 1.82) is 0 Å². The van der Waals surface area contributed by atoms with Gasteiger partial charge in [0.25, 0.3) is 0 Å². The van der Waals surface area contributed by atoms with Gasteiger partial charge in [0.15, 0.2) is 0 Å². The number of cyclic esters (lactones) is 1. The number of benzene rings is 1. The van der Waals surface area contributed by atoms with Crippen LogP contribution < -0.4 is 19.9 Å². The lowest BCUT2D eigenvalue weighted by Gasteiger charge is -2.41. The van der Waals surface area contributed by atoms with Crippen LogP contribution in [0.25, 0.3) is 11.0 Å². The quantitative estimate of drug-likeness (QED) is 0.510. The third-order valence-electron chi connectivity index (χ3n) is 6.46. The van der Waals surface area contributed by atoms with Crippen LogP contribution in [0.15, 0.2) is 42.6 Å². The van der Waals surface area contributed by atoms with E-state index < -0.39 is 6.09 Å². The van der Waals surface area contributed by atoms with E-state index in [1.165, 1.54) is 11.0 Å². The fraction of sp³-hybridized carbons (Fsp3) is 0.400. The lowest BCUT2D eigenvalue weighted by atomic mass is 9.99. The molecule has 2 aliphatic rings. The number of nitrogens with zero attached hydrogens (tertiary/aromatic N) is 4. The van der Waals surface area contributed by atoms with Gasteiger partial charge in [-0.25, -0.2) is 14.2 Å². The van der Waals surface area contributed by atoms with Crippen molar-refractivity contribution in [3.05, 3.63) is 54.0 Å². The van der Waals surface area contributed by atoms with E-state index in [0.717, 1.165) is 42.9 Å². The predicted molar refractivity (Wildman–Crippen MR) is 128 cm³/mol. The number of carbonyl (C=O) groups excluding carboxylic acids is 1. The van der Waals surface area contributed by atoms with Crippen LogP contribution >= 0.6 is 0 Å². The molecule has 0 saturated carbocycles. The van der Waals surface area contributed by atoms with Crippen molar-refractivity contribution < 1.29 is 18.7 Å². The van der Waals surface area contributed by atoms with Crippen LogP contribution in [0.2, 0.25) is 0 Å². The van der Waals surface area contributed by atoms with Crippen LogP contribution in [0.1, 0.15) is 12.0 Å². The smallest absolute Gasteiger partial charge is 0.414 e. The van der Waals surface area contributed by atoms with E-state index >= 15 is 0 Å². The van der Waals surface area contributed by atoms with E-state index in [0.29, 0.717) is 36.0 Å². The molecule has 1 N–H and O–H groups in total. The molecule has 0 unspecified atom stereocenters. The number of fused-ring (bicyclic) bond motifs is 1. The number of halogens is 1. The first-order chi connectivity index (χ1) is 16.5. The van der Waals surface area contributed by atoms with Gasteiger partial charge in [-0.05, 0) is 49.7 Å². The molecule has 8 nitrogen and oxygen atoms in total. The van der Waals surface area contributed by atoms with Gasteiger partial charge in [0.1, 0.15) is 17.4 Å². The summed E-state index contributed by atoms with van der Waals surface area (Å²) in [6.45, 7) is 5.66. The minimum absolute atomic E-state index is 0.202. The second-order valence-corrected chi connectivity index (χ2v) is 8.87. The highest BCUT2D eigenvalue weighted by atomic mass is 19.1. The first-order valence-corrected chi connectivity index (χ1v) is 11.5. The van der Waals surface area contributed by atoms with E-state index in [-0.39, 0.29) is 11.9 Å². The molecule has 4 heterocycles. The van der Waals surface area contributed by atoms with Gasteiger partial charge in [-0.3, -0.25) is 9.88 Å². The second kappa shape index (κ2) is 9.42. The Balaban J connectivity index is 1.07. The highest BCUT2D eigenvalue weighted by Crippen LogP contribution is 2.31. The number of aromatic nitrogens is 2. The van der Waals surface area contributed by atoms with Crippen LogP contribution in [0, 0.1) is 18.7 Å². The highest BCUT2D eigenvalue weighted by Gasteiger charge is 2.33. The SMILES string of the molecule is COc1ccc2nccc(N3CC(CNCC[C@H]4CN(c5ccc(C)c(F)c5)C(=O)O4)C3)c2n1. The molecule has 0 radical (unpaired) electrons. The summed E-state index contributed by atoms with van der Waals surface area (Å²) in [6.07, 6.45) is 1.91. The molecule has 178 valence electrons. The van der Waals surface area contributed by atoms with E-state index in [1.54, 1.807) is 26.2 Å². The summed E-state index contributed by atoms with van der Waals surface area (Å²) >= 11 is 0. The summed E-state index contributed by atoms with van der Waals surface area (Å²) in [4.78, 5) is 25.0. The maximum atomic E-state index is 13.9. The largest absolute Gasteiger partial charge is 0.481 e. The van der Waals surface area contributed by atoms with Crippen LogP contribution in [0.3, 0.4) is 0 Å². The maximum absolute atomic E-state index is 13.9. The number of hydrogen-bond acceptors (Lipinski definition) is 7. The second-order valence-electron chi connectivity index (χ2n) is 8.87. The van der Waals surface area contributed by atoms with Crippen molar-refractivity contribution in [2.24, 2.45) is 5.92 Å². The molecule has 5 rings (SSSR count). The molecule has 2 aliphatic heterocycles. The number of methoxy groups -OCH3 is 1. The van der Waals surface area contributed by atoms with E-state index in [2.05, 4.69) is 20.2 Å². The Hall–Kier alpha value is -3.46.